The van der Waals surface area contributed by atoms with E-state index in [1.807, 2.05) is 0 Å². The molecule has 1 aliphatic heterocycles. The van der Waals surface area contributed by atoms with E-state index in [0.29, 0.717) is 6.10 Å². The fourth-order valence-electron chi connectivity index (χ4n) is 0.887. The van der Waals surface area contributed by atoms with E-state index in [-0.39, 0.29) is 0 Å². The summed E-state index contributed by atoms with van der Waals surface area (Å²) in [6.07, 6.45) is 3.70. The molecule has 0 aromatic heterocycles. The third-order valence-electron chi connectivity index (χ3n) is 1.46. The van der Waals surface area contributed by atoms with Gasteiger partial charge in [-0.15, -0.1) is 0 Å². The SMILES string of the molecule is CCC1=CC(C)OC1. The summed E-state index contributed by atoms with van der Waals surface area (Å²) in [7, 11) is 0. The van der Waals surface area contributed by atoms with Crippen molar-refractivity contribution in [3.8, 4) is 0 Å². The number of hydrogen-bond donors (Lipinski definition) is 0. The van der Waals surface area contributed by atoms with Crippen LogP contribution in [0, 0.1) is 0 Å². The van der Waals surface area contributed by atoms with Crippen molar-refractivity contribution in [2.45, 2.75) is 26.4 Å². The van der Waals surface area contributed by atoms with Crippen LogP contribution in [0.4, 0.5) is 0 Å². The zero-order chi connectivity index (χ0) is 5.98. The number of ether oxygens (including phenoxy) is 1. The van der Waals surface area contributed by atoms with Gasteiger partial charge in [-0.05, 0) is 18.9 Å². The van der Waals surface area contributed by atoms with Crippen molar-refractivity contribution in [2.75, 3.05) is 6.61 Å². The predicted octanol–water partition coefficient (Wildman–Crippen LogP) is 1.74. The van der Waals surface area contributed by atoms with Crippen LogP contribution >= 0.6 is 0 Å². The van der Waals surface area contributed by atoms with E-state index < -0.39 is 0 Å². The van der Waals surface area contributed by atoms with Crippen LogP contribution in [0.1, 0.15) is 20.3 Å². The molecule has 0 aromatic rings. The lowest BCUT2D eigenvalue weighted by Gasteiger charge is -1.94. The number of hydrogen-bond acceptors (Lipinski definition) is 1. The first kappa shape index (κ1) is 5.83. The minimum Gasteiger partial charge on any atom is -0.370 e. The van der Waals surface area contributed by atoms with Crippen LogP contribution in [-0.2, 0) is 4.74 Å². The molecule has 0 aromatic carbocycles. The number of rotatable bonds is 1. The summed E-state index contributed by atoms with van der Waals surface area (Å²) in [5, 5.41) is 0. The zero-order valence-electron chi connectivity index (χ0n) is 5.48. The quantitative estimate of drug-likeness (QED) is 0.469. The third-order valence-corrected chi connectivity index (χ3v) is 1.46. The molecule has 0 radical (unpaired) electrons. The molecule has 0 aliphatic carbocycles. The van der Waals surface area contributed by atoms with Crippen molar-refractivity contribution in [3.63, 3.8) is 0 Å². The minimum absolute atomic E-state index is 0.366. The minimum atomic E-state index is 0.366. The predicted molar refractivity (Wildman–Crippen MR) is 33.8 cm³/mol. The van der Waals surface area contributed by atoms with E-state index in [4.69, 9.17) is 4.74 Å². The molecule has 8 heavy (non-hydrogen) atoms. The highest BCUT2D eigenvalue weighted by atomic mass is 16.5. The molecule has 0 amide bonds. The lowest BCUT2D eigenvalue weighted by atomic mass is 10.2. The highest BCUT2D eigenvalue weighted by Crippen LogP contribution is 2.12. The van der Waals surface area contributed by atoms with Gasteiger partial charge in [0, 0.05) is 0 Å². The molecule has 1 unspecified atom stereocenters. The lowest BCUT2D eigenvalue weighted by molar-refractivity contribution is 0.138. The second kappa shape index (κ2) is 2.31. The van der Waals surface area contributed by atoms with Gasteiger partial charge in [0.15, 0.2) is 0 Å². The summed E-state index contributed by atoms with van der Waals surface area (Å²) >= 11 is 0. The maximum Gasteiger partial charge on any atom is 0.0735 e. The summed E-state index contributed by atoms with van der Waals surface area (Å²) in [6.45, 7) is 5.09. The van der Waals surface area contributed by atoms with Gasteiger partial charge in [0.2, 0.25) is 0 Å². The monoisotopic (exact) mass is 112 g/mol. The van der Waals surface area contributed by atoms with Crippen LogP contribution in [0.25, 0.3) is 0 Å². The fourth-order valence-corrected chi connectivity index (χ4v) is 0.887. The van der Waals surface area contributed by atoms with Crippen molar-refractivity contribution in [1.29, 1.82) is 0 Å². The van der Waals surface area contributed by atoms with E-state index >= 15 is 0 Å². The van der Waals surface area contributed by atoms with Crippen LogP contribution in [0.2, 0.25) is 0 Å². The van der Waals surface area contributed by atoms with Crippen molar-refractivity contribution < 1.29 is 4.74 Å². The summed E-state index contributed by atoms with van der Waals surface area (Å²) in [5.74, 6) is 0. The van der Waals surface area contributed by atoms with E-state index in [0.717, 1.165) is 13.0 Å². The molecule has 1 aliphatic rings. The highest BCUT2D eigenvalue weighted by Gasteiger charge is 2.08. The van der Waals surface area contributed by atoms with Gasteiger partial charge >= 0.3 is 0 Å². The molecule has 46 valence electrons. The molecule has 0 fully saturated rings. The molecule has 0 bridgehead atoms. The summed E-state index contributed by atoms with van der Waals surface area (Å²) < 4.78 is 5.26. The van der Waals surface area contributed by atoms with E-state index in [9.17, 15) is 0 Å². The first-order valence-electron chi connectivity index (χ1n) is 3.14. The van der Waals surface area contributed by atoms with Crippen LogP contribution in [0.3, 0.4) is 0 Å². The van der Waals surface area contributed by atoms with Gasteiger partial charge in [-0.1, -0.05) is 13.0 Å². The lowest BCUT2D eigenvalue weighted by Crippen LogP contribution is -1.95. The van der Waals surface area contributed by atoms with Crippen LogP contribution in [0.15, 0.2) is 11.6 Å². The molecule has 0 saturated carbocycles. The topological polar surface area (TPSA) is 9.23 Å². The first-order chi connectivity index (χ1) is 3.83. The molecule has 0 saturated heterocycles. The smallest absolute Gasteiger partial charge is 0.0735 e. The molecule has 1 nitrogen and oxygen atoms in total. The molecule has 1 atom stereocenters. The Labute approximate surface area is 50.3 Å². The van der Waals surface area contributed by atoms with E-state index in [1.54, 1.807) is 0 Å². The second-order valence-electron chi connectivity index (χ2n) is 2.19. The van der Waals surface area contributed by atoms with Crippen molar-refractivity contribution in [2.24, 2.45) is 0 Å². The zero-order valence-corrected chi connectivity index (χ0v) is 5.48. The molecule has 1 heteroatoms. The van der Waals surface area contributed by atoms with Crippen molar-refractivity contribution in [3.05, 3.63) is 11.6 Å². The first-order valence-corrected chi connectivity index (χ1v) is 3.14. The summed E-state index contributed by atoms with van der Waals surface area (Å²) in [5.41, 5.74) is 1.44. The average molecular weight is 112 g/mol. The Morgan fingerprint density at radius 1 is 1.88 bits per heavy atom. The maximum atomic E-state index is 5.26. The van der Waals surface area contributed by atoms with Gasteiger partial charge in [0.05, 0.1) is 12.7 Å². The van der Waals surface area contributed by atoms with Crippen molar-refractivity contribution >= 4 is 0 Å². The summed E-state index contributed by atoms with van der Waals surface area (Å²) in [4.78, 5) is 0. The Hall–Kier alpha value is -0.300. The van der Waals surface area contributed by atoms with Gasteiger partial charge in [-0.2, -0.15) is 0 Å². The van der Waals surface area contributed by atoms with Gasteiger partial charge in [0.25, 0.3) is 0 Å². The van der Waals surface area contributed by atoms with Gasteiger partial charge in [-0.25, -0.2) is 0 Å². The maximum absolute atomic E-state index is 5.26. The van der Waals surface area contributed by atoms with Gasteiger partial charge in [-0.3, -0.25) is 0 Å². The van der Waals surface area contributed by atoms with E-state index in [1.165, 1.54) is 5.57 Å². The second-order valence-corrected chi connectivity index (χ2v) is 2.19. The van der Waals surface area contributed by atoms with Crippen LogP contribution in [-0.4, -0.2) is 12.7 Å². The van der Waals surface area contributed by atoms with Crippen LogP contribution in [0.5, 0.6) is 0 Å². The average Bonchev–Trinajstić information content (AvgIpc) is 2.14. The molecule has 0 spiro atoms. The Morgan fingerprint density at radius 3 is 2.88 bits per heavy atom. The van der Waals surface area contributed by atoms with Gasteiger partial charge in [0.1, 0.15) is 0 Å². The normalized spacial score (nSPS) is 28.2. The highest BCUT2D eigenvalue weighted by molar-refractivity contribution is 5.08. The van der Waals surface area contributed by atoms with Crippen molar-refractivity contribution in [1.82, 2.24) is 0 Å². The Kier molecular flexibility index (Phi) is 1.69. The Morgan fingerprint density at radius 2 is 2.62 bits per heavy atom. The molecule has 1 rings (SSSR count). The Bertz CT molecular complexity index is 105. The third kappa shape index (κ3) is 1.10. The molecular formula is C7H12O. The Balaban J connectivity index is 2.44. The molecule has 0 N–H and O–H groups in total. The van der Waals surface area contributed by atoms with Crippen LogP contribution < -0.4 is 0 Å². The molecule has 1 heterocycles. The molecular weight excluding hydrogens is 100 g/mol. The standard InChI is InChI=1S/C7H12O/c1-3-7-4-6(2)8-5-7/h4,6H,3,5H2,1-2H3. The summed E-state index contributed by atoms with van der Waals surface area (Å²) in [6, 6.07) is 0. The largest absolute Gasteiger partial charge is 0.370 e. The fraction of sp³-hybridized carbons (Fsp3) is 0.714. The van der Waals surface area contributed by atoms with E-state index in [2.05, 4.69) is 19.9 Å². The van der Waals surface area contributed by atoms with Gasteiger partial charge < -0.3 is 4.74 Å².